The maximum atomic E-state index is 13.1. The number of carbonyl (C=O) groups is 1. The van der Waals surface area contributed by atoms with E-state index < -0.39 is 11.8 Å². The number of anilines is 1. The fraction of sp³-hybridized carbons (Fsp3) is 0.300. The van der Waals surface area contributed by atoms with Crippen LogP contribution in [0.15, 0.2) is 16.6 Å². The highest BCUT2D eigenvalue weighted by molar-refractivity contribution is 9.10. The van der Waals surface area contributed by atoms with Crippen molar-refractivity contribution in [1.82, 2.24) is 0 Å². The van der Waals surface area contributed by atoms with Crippen LogP contribution in [0.4, 0.5) is 15.8 Å². The van der Waals surface area contributed by atoms with Gasteiger partial charge >= 0.3 is 11.7 Å². The first kappa shape index (κ1) is 13.4. The van der Waals surface area contributed by atoms with E-state index in [2.05, 4.69) is 26.2 Å². The summed E-state index contributed by atoms with van der Waals surface area (Å²) in [6.07, 6.45) is 0. The van der Waals surface area contributed by atoms with Gasteiger partial charge in [0.1, 0.15) is 6.54 Å². The SMILES string of the molecule is CCOC(=O)CNc1cc([N+]#N)c(F)cc1Br. The Balaban J connectivity index is 2.78. The van der Waals surface area contributed by atoms with E-state index in [4.69, 9.17) is 10.1 Å². The standard InChI is InChI=1S/C10H10BrFN3O2/c1-2-17-10(16)5-14-8-4-9(15-13)7(12)3-6(8)11/h3-4,14H,2,5H2,1H3/q+1. The summed E-state index contributed by atoms with van der Waals surface area (Å²) in [6, 6.07) is 2.42. The van der Waals surface area contributed by atoms with Crippen molar-refractivity contribution in [1.29, 1.82) is 5.39 Å². The minimum atomic E-state index is -0.666. The zero-order chi connectivity index (χ0) is 12.8. The predicted octanol–water partition coefficient (Wildman–Crippen LogP) is 3.05. The largest absolute Gasteiger partial charge is 0.465 e. The molecule has 0 spiro atoms. The zero-order valence-electron chi connectivity index (χ0n) is 9.04. The highest BCUT2D eigenvalue weighted by atomic mass is 79.9. The van der Waals surface area contributed by atoms with Gasteiger partial charge in [0.15, 0.2) is 4.98 Å². The normalized spacial score (nSPS) is 9.53. The molecule has 17 heavy (non-hydrogen) atoms. The minimum absolute atomic E-state index is 0.0526. The van der Waals surface area contributed by atoms with Crippen LogP contribution in [0, 0.1) is 11.2 Å². The van der Waals surface area contributed by atoms with Gasteiger partial charge in [0, 0.05) is 4.47 Å². The van der Waals surface area contributed by atoms with Crippen molar-refractivity contribution in [3.05, 3.63) is 27.4 Å². The van der Waals surface area contributed by atoms with E-state index in [1.54, 1.807) is 6.92 Å². The van der Waals surface area contributed by atoms with E-state index in [1.165, 1.54) is 6.07 Å². The number of carbonyl (C=O) groups excluding carboxylic acids is 1. The topological polar surface area (TPSA) is 66.5 Å². The molecule has 0 amide bonds. The molecule has 0 bridgehead atoms. The molecule has 90 valence electrons. The number of nitrogens with one attached hydrogen (secondary N) is 1. The van der Waals surface area contributed by atoms with Crippen LogP contribution in [0.25, 0.3) is 4.98 Å². The van der Waals surface area contributed by atoms with Gasteiger partial charge in [-0.2, -0.15) is 4.39 Å². The Kier molecular flexibility index (Phi) is 4.84. The maximum Gasteiger partial charge on any atom is 0.422 e. The summed E-state index contributed by atoms with van der Waals surface area (Å²) in [5, 5.41) is 11.3. The van der Waals surface area contributed by atoms with E-state index in [0.717, 1.165) is 6.07 Å². The molecule has 0 saturated carbocycles. The number of hydrogen-bond donors (Lipinski definition) is 1. The van der Waals surface area contributed by atoms with Crippen molar-refractivity contribution in [3.63, 3.8) is 0 Å². The number of diazo groups is 1. The van der Waals surface area contributed by atoms with E-state index in [0.29, 0.717) is 16.8 Å². The summed E-state index contributed by atoms with van der Waals surface area (Å²) >= 11 is 3.12. The molecule has 0 radical (unpaired) electrons. The molecule has 1 rings (SSSR count). The Hall–Kier alpha value is -1.68. The van der Waals surface area contributed by atoms with Crippen LogP contribution in [0.2, 0.25) is 0 Å². The zero-order valence-corrected chi connectivity index (χ0v) is 10.6. The summed E-state index contributed by atoms with van der Waals surface area (Å²) in [5.74, 6) is -1.09. The van der Waals surface area contributed by atoms with Gasteiger partial charge in [-0.3, -0.25) is 4.79 Å². The predicted molar refractivity (Wildman–Crippen MR) is 64.0 cm³/mol. The summed E-state index contributed by atoms with van der Waals surface area (Å²) in [5.41, 5.74) is 0.229. The number of rotatable bonds is 4. The Morgan fingerprint density at radius 1 is 1.65 bits per heavy atom. The molecule has 0 aromatic heterocycles. The smallest absolute Gasteiger partial charge is 0.422 e. The Labute approximate surface area is 106 Å². The van der Waals surface area contributed by atoms with E-state index in [-0.39, 0.29) is 12.2 Å². The Bertz CT molecular complexity index is 473. The molecule has 0 aliphatic rings. The molecular weight excluding hydrogens is 293 g/mol. The molecule has 1 aromatic carbocycles. The first-order valence-electron chi connectivity index (χ1n) is 4.82. The highest BCUT2D eigenvalue weighted by Crippen LogP contribution is 2.30. The highest BCUT2D eigenvalue weighted by Gasteiger charge is 2.17. The summed E-state index contributed by atoms with van der Waals surface area (Å²) in [6.45, 7) is 1.94. The van der Waals surface area contributed by atoms with Crippen LogP contribution < -0.4 is 5.32 Å². The van der Waals surface area contributed by atoms with Gasteiger partial charge in [0.25, 0.3) is 0 Å². The number of esters is 1. The summed E-state index contributed by atoms with van der Waals surface area (Å²) < 4.78 is 18.3. The second kappa shape index (κ2) is 6.15. The number of ether oxygens (including phenoxy) is 1. The lowest BCUT2D eigenvalue weighted by atomic mass is 10.2. The molecule has 7 heteroatoms. The van der Waals surface area contributed by atoms with Gasteiger partial charge in [-0.25, -0.2) is 0 Å². The molecule has 0 heterocycles. The molecular formula is C10H10BrFN3O2+. The number of benzene rings is 1. The van der Waals surface area contributed by atoms with Crippen LogP contribution in [0.3, 0.4) is 0 Å². The molecule has 1 aromatic rings. The van der Waals surface area contributed by atoms with E-state index in [9.17, 15) is 9.18 Å². The minimum Gasteiger partial charge on any atom is -0.465 e. The monoisotopic (exact) mass is 302 g/mol. The third-order valence-corrected chi connectivity index (χ3v) is 2.53. The van der Waals surface area contributed by atoms with Gasteiger partial charge in [-0.05, 0) is 28.9 Å². The van der Waals surface area contributed by atoms with Gasteiger partial charge in [-0.15, -0.1) is 0 Å². The lowest BCUT2D eigenvalue weighted by molar-refractivity contribution is -0.140. The van der Waals surface area contributed by atoms with Gasteiger partial charge in [0.2, 0.25) is 11.2 Å². The lowest BCUT2D eigenvalue weighted by Gasteiger charge is -2.06. The lowest BCUT2D eigenvalue weighted by Crippen LogP contribution is -2.16. The summed E-state index contributed by atoms with van der Waals surface area (Å²) in [4.78, 5) is 13.9. The Morgan fingerprint density at radius 3 is 2.94 bits per heavy atom. The van der Waals surface area contributed by atoms with Gasteiger partial charge in [-0.1, -0.05) is 0 Å². The van der Waals surface area contributed by atoms with Crippen molar-refractivity contribution in [2.45, 2.75) is 6.92 Å². The fourth-order valence-corrected chi connectivity index (χ4v) is 1.58. The van der Waals surface area contributed by atoms with Gasteiger partial charge in [0.05, 0.1) is 18.4 Å². The van der Waals surface area contributed by atoms with Crippen LogP contribution in [-0.2, 0) is 9.53 Å². The van der Waals surface area contributed by atoms with Crippen LogP contribution in [-0.4, -0.2) is 19.1 Å². The quantitative estimate of drug-likeness (QED) is 0.686. The van der Waals surface area contributed by atoms with Crippen LogP contribution >= 0.6 is 15.9 Å². The second-order valence-electron chi connectivity index (χ2n) is 3.04. The number of hydrogen-bond acceptors (Lipinski definition) is 4. The van der Waals surface area contributed by atoms with Crippen molar-refractivity contribution in [2.75, 3.05) is 18.5 Å². The first-order chi connectivity index (χ1) is 8.08. The van der Waals surface area contributed by atoms with Crippen molar-refractivity contribution in [2.24, 2.45) is 0 Å². The molecule has 0 aliphatic heterocycles. The Morgan fingerprint density at radius 2 is 2.35 bits per heavy atom. The molecule has 0 unspecified atom stereocenters. The van der Waals surface area contributed by atoms with Crippen LogP contribution in [0.5, 0.6) is 0 Å². The number of halogens is 2. The molecule has 5 nitrogen and oxygen atoms in total. The first-order valence-corrected chi connectivity index (χ1v) is 5.61. The van der Waals surface area contributed by atoms with Crippen molar-refractivity contribution >= 4 is 33.3 Å². The molecule has 0 fully saturated rings. The van der Waals surface area contributed by atoms with Gasteiger partial charge < -0.3 is 10.1 Å². The molecule has 0 atom stereocenters. The molecule has 0 aliphatic carbocycles. The van der Waals surface area contributed by atoms with Crippen molar-refractivity contribution in [3.8, 4) is 0 Å². The average molecular weight is 303 g/mol. The third kappa shape index (κ3) is 3.67. The third-order valence-electron chi connectivity index (χ3n) is 1.87. The number of nitrogens with zero attached hydrogens (tertiary/aromatic N) is 2. The molecule has 1 N–H and O–H groups in total. The second-order valence-corrected chi connectivity index (χ2v) is 3.90. The van der Waals surface area contributed by atoms with E-state index >= 15 is 0 Å². The fourth-order valence-electron chi connectivity index (χ4n) is 1.13. The molecule has 0 saturated heterocycles. The van der Waals surface area contributed by atoms with E-state index in [1.807, 2.05) is 0 Å². The van der Waals surface area contributed by atoms with Crippen LogP contribution in [0.1, 0.15) is 6.92 Å². The maximum absolute atomic E-state index is 13.1. The average Bonchev–Trinajstić information content (AvgIpc) is 2.28. The summed E-state index contributed by atoms with van der Waals surface area (Å²) in [7, 11) is 0. The van der Waals surface area contributed by atoms with Crippen molar-refractivity contribution < 1.29 is 13.9 Å².